The van der Waals surface area contributed by atoms with Crippen LogP contribution in [0.2, 0.25) is 0 Å². The van der Waals surface area contributed by atoms with Crippen LogP contribution in [-0.4, -0.2) is 90.8 Å². The fourth-order valence-corrected chi connectivity index (χ4v) is 6.56. The van der Waals surface area contributed by atoms with Gasteiger partial charge in [0.25, 0.3) is 5.56 Å². The van der Waals surface area contributed by atoms with Crippen molar-refractivity contribution < 1.29 is 13.2 Å². The highest BCUT2D eigenvalue weighted by Gasteiger charge is 2.30. The van der Waals surface area contributed by atoms with Gasteiger partial charge in [-0.3, -0.25) is 9.36 Å². The van der Waals surface area contributed by atoms with E-state index in [1.807, 2.05) is 24.7 Å². The molecule has 14 heteroatoms. The number of unbranched alkanes of at least 4 members (excludes halogenated alkanes) is 1. The zero-order valence-corrected chi connectivity index (χ0v) is 25.8. The fourth-order valence-electron chi connectivity index (χ4n) is 5.17. The number of rotatable bonds is 11. The number of hydrogen-bond donors (Lipinski definition) is 0. The summed E-state index contributed by atoms with van der Waals surface area (Å²) in [6.45, 7) is 9.57. The molecular formula is C28H39N9O4S. The van der Waals surface area contributed by atoms with Crippen molar-refractivity contribution in [2.24, 2.45) is 14.1 Å². The average Bonchev–Trinajstić information content (AvgIpc) is 3.58. The number of fused-ring (bicyclic) bond motifs is 1. The largest absolute Gasteiger partial charge is 0.477 e. The third-order valence-electron chi connectivity index (χ3n) is 7.69. The molecule has 226 valence electrons. The molecular weight excluding hydrogens is 558 g/mol. The summed E-state index contributed by atoms with van der Waals surface area (Å²) in [5, 5.41) is 4.63. The number of piperazine rings is 1. The number of aromatic nitrogens is 7. The number of hydrogen-bond acceptors (Lipinski definition) is 9. The molecule has 0 aliphatic carbocycles. The van der Waals surface area contributed by atoms with Gasteiger partial charge in [-0.15, -0.1) is 0 Å². The molecule has 0 amide bonds. The molecule has 0 aromatic carbocycles. The van der Waals surface area contributed by atoms with Crippen LogP contribution in [0.5, 0.6) is 5.88 Å². The number of nitrogens with zero attached hydrogens (tertiary/aromatic N) is 9. The molecule has 42 heavy (non-hydrogen) atoms. The van der Waals surface area contributed by atoms with Crippen LogP contribution >= 0.6 is 0 Å². The lowest BCUT2D eigenvalue weighted by Crippen LogP contribution is -2.48. The summed E-state index contributed by atoms with van der Waals surface area (Å²) in [5.41, 5.74) is 1.39. The maximum atomic E-state index is 13.7. The Labute approximate surface area is 245 Å². The summed E-state index contributed by atoms with van der Waals surface area (Å²) >= 11 is 0. The topological polar surface area (TPSA) is 133 Å². The van der Waals surface area contributed by atoms with Crippen LogP contribution in [-0.2, 0) is 30.5 Å². The van der Waals surface area contributed by atoms with E-state index in [2.05, 4.69) is 33.8 Å². The lowest BCUT2D eigenvalue weighted by Gasteiger charge is -2.33. The van der Waals surface area contributed by atoms with Gasteiger partial charge in [-0.1, -0.05) is 33.6 Å². The van der Waals surface area contributed by atoms with E-state index in [4.69, 9.17) is 9.72 Å². The Morgan fingerprint density at radius 2 is 1.76 bits per heavy atom. The van der Waals surface area contributed by atoms with E-state index in [0.717, 1.165) is 31.5 Å². The Balaban J connectivity index is 1.68. The van der Waals surface area contributed by atoms with Gasteiger partial charge in [0.1, 0.15) is 16.2 Å². The van der Waals surface area contributed by atoms with Crippen molar-refractivity contribution >= 4 is 21.1 Å². The third kappa shape index (κ3) is 5.45. The zero-order chi connectivity index (χ0) is 30.0. The smallest absolute Gasteiger partial charge is 0.281 e. The Morgan fingerprint density at radius 1 is 1.00 bits per heavy atom. The highest BCUT2D eigenvalue weighted by molar-refractivity contribution is 7.89. The van der Waals surface area contributed by atoms with E-state index in [-0.39, 0.29) is 27.7 Å². The maximum absolute atomic E-state index is 13.7. The molecule has 1 fully saturated rings. The summed E-state index contributed by atoms with van der Waals surface area (Å²) < 4.78 is 39.8. The first kappa shape index (κ1) is 29.9. The summed E-state index contributed by atoms with van der Waals surface area (Å²) in [5.74, 6) is 1.06. The van der Waals surface area contributed by atoms with Gasteiger partial charge in [0.05, 0.1) is 24.1 Å². The minimum absolute atomic E-state index is 0.0390. The standard InChI is InChI=1S/C28H39N9O4S/c1-6-9-17-41-26-21(18-20(19-30-26)42(39,40)36-15-13-35(8-3)14-16-36)25-31-23-22(10-7-2)37(28-29-11-12-33(28)4)32-24(23)27(38)34(25)5/h11-12,18-19H,6-10,13-17H2,1-5H3. The third-order valence-corrected chi connectivity index (χ3v) is 9.55. The molecule has 4 aromatic rings. The number of ether oxygens (including phenoxy) is 1. The first-order valence-corrected chi connectivity index (χ1v) is 16.0. The highest BCUT2D eigenvalue weighted by Crippen LogP contribution is 2.32. The van der Waals surface area contributed by atoms with Crippen LogP contribution in [0.15, 0.2) is 34.3 Å². The predicted octanol–water partition coefficient (Wildman–Crippen LogP) is 2.37. The molecule has 1 saturated heterocycles. The van der Waals surface area contributed by atoms with Crippen LogP contribution < -0.4 is 10.3 Å². The highest BCUT2D eigenvalue weighted by atomic mass is 32.2. The van der Waals surface area contributed by atoms with Crippen LogP contribution in [0.4, 0.5) is 0 Å². The van der Waals surface area contributed by atoms with Crippen molar-refractivity contribution in [3.05, 3.63) is 40.7 Å². The number of pyridine rings is 1. The first-order valence-electron chi connectivity index (χ1n) is 14.5. The zero-order valence-electron chi connectivity index (χ0n) is 24.9. The summed E-state index contributed by atoms with van der Waals surface area (Å²) in [6, 6.07) is 1.53. The Bertz CT molecular complexity index is 1730. The number of likely N-dealkylation sites (N-methyl/N-ethyl adjacent to an activating group) is 1. The quantitative estimate of drug-likeness (QED) is 0.239. The summed E-state index contributed by atoms with van der Waals surface area (Å²) in [7, 11) is -0.369. The maximum Gasteiger partial charge on any atom is 0.281 e. The molecule has 13 nitrogen and oxygen atoms in total. The van der Waals surface area contributed by atoms with Crippen molar-refractivity contribution in [3.63, 3.8) is 0 Å². The van der Waals surface area contributed by atoms with Crippen molar-refractivity contribution in [2.75, 3.05) is 39.3 Å². The van der Waals surface area contributed by atoms with Gasteiger partial charge in [-0.25, -0.2) is 28.1 Å². The SMILES string of the molecule is CCCCOc1ncc(S(=O)(=O)N2CCN(CC)CC2)cc1-c1nc2c(CCC)n(-c3nccn3C)nc2c(=O)n1C. The molecule has 0 N–H and O–H groups in total. The second kappa shape index (κ2) is 12.3. The second-order valence-electron chi connectivity index (χ2n) is 10.5. The summed E-state index contributed by atoms with van der Waals surface area (Å²) in [6.07, 6.45) is 7.95. The van der Waals surface area contributed by atoms with Gasteiger partial charge >= 0.3 is 0 Å². The monoisotopic (exact) mass is 597 g/mol. The van der Waals surface area contributed by atoms with Gasteiger partial charge in [-0.05, 0) is 25.5 Å². The molecule has 1 aliphatic rings. The Hall–Kier alpha value is -3.62. The molecule has 0 saturated carbocycles. The van der Waals surface area contributed by atoms with Gasteiger partial charge in [0.2, 0.25) is 21.9 Å². The van der Waals surface area contributed by atoms with Crippen molar-refractivity contribution in [2.45, 2.75) is 51.3 Å². The molecule has 0 spiro atoms. The minimum atomic E-state index is -3.83. The van der Waals surface area contributed by atoms with Gasteiger partial charge < -0.3 is 14.2 Å². The van der Waals surface area contributed by atoms with E-state index in [9.17, 15) is 13.2 Å². The molecule has 0 bridgehead atoms. The number of aryl methyl sites for hydroxylation is 2. The van der Waals surface area contributed by atoms with Crippen molar-refractivity contribution in [3.8, 4) is 23.2 Å². The van der Waals surface area contributed by atoms with E-state index in [0.29, 0.717) is 56.2 Å². The normalized spacial score (nSPS) is 15.1. The van der Waals surface area contributed by atoms with E-state index >= 15 is 0 Å². The Kier molecular flexibility index (Phi) is 8.76. The van der Waals surface area contributed by atoms with Crippen LogP contribution in [0.1, 0.15) is 45.7 Å². The number of sulfonamides is 1. The molecule has 4 aromatic heterocycles. The molecule has 1 aliphatic heterocycles. The fraction of sp³-hybridized carbons (Fsp3) is 0.536. The van der Waals surface area contributed by atoms with Crippen molar-refractivity contribution in [1.82, 2.24) is 43.1 Å². The second-order valence-corrected chi connectivity index (χ2v) is 12.4. The lowest BCUT2D eigenvalue weighted by molar-refractivity contribution is 0.196. The minimum Gasteiger partial charge on any atom is -0.477 e. The molecule has 0 radical (unpaired) electrons. The first-order chi connectivity index (χ1) is 20.2. The van der Waals surface area contributed by atoms with Crippen LogP contribution in [0.3, 0.4) is 0 Å². The summed E-state index contributed by atoms with van der Waals surface area (Å²) in [4.78, 5) is 29.8. The molecule has 5 rings (SSSR count). The Morgan fingerprint density at radius 3 is 2.40 bits per heavy atom. The van der Waals surface area contributed by atoms with Crippen LogP contribution in [0, 0.1) is 0 Å². The average molecular weight is 598 g/mol. The molecule has 0 atom stereocenters. The van der Waals surface area contributed by atoms with Gasteiger partial charge in [0.15, 0.2) is 5.52 Å². The molecule has 0 unspecified atom stereocenters. The molecule has 5 heterocycles. The van der Waals surface area contributed by atoms with Crippen molar-refractivity contribution in [1.29, 1.82) is 0 Å². The van der Waals surface area contributed by atoms with E-state index in [1.54, 1.807) is 17.9 Å². The van der Waals surface area contributed by atoms with E-state index < -0.39 is 10.0 Å². The van der Waals surface area contributed by atoms with E-state index in [1.165, 1.54) is 21.1 Å². The van der Waals surface area contributed by atoms with Crippen LogP contribution in [0.25, 0.3) is 28.4 Å². The lowest BCUT2D eigenvalue weighted by atomic mass is 10.2. The number of imidazole rings is 1. The van der Waals surface area contributed by atoms with Gasteiger partial charge in [-0.2, -0.15) is 9.40 Å². The van der Waals surface area contributed by atoms with Gasteiger partial charge in [0, 0.05) is 52.7 Å². The predicted molar refractivity (Wildman–Crippen MR) is 159 cm³/mol.